The van der Waals surface area contributed by atoms with Crippen molar-refractivity contribution in [2.24, 2.45) is 16.0 Å². The van der Waals surface area contributed by atoms with Gasteiger partial charge in [0.2, 0.25) is 5.70 Å². The molecule has 1 aromatic rings. The molecular formula is C22H32N7+. The quantitative estimate of drug-likeness (QED) is 0.693. The summed E-state index contributed by atoms with van der Waals surface area (Å²) in [5.41, 5.74) is 2.01. The van der Waals surface area contributed by atoms with Gasteiger partial charge in [-0.25, -0.2) is 4.98 Å². The van der Waals surface area contributed by atoms with Gasteiger partial charge in [-0.2, -0.15) is 0 Å². The third-order valence-electron chi connectivity index (χ3n) is 5.65. The Kier molecular flexibility index (Phi) is 6.04. The number of aliphatic imine (C=N–C) groups is 1. The number of pyridine rings is 1. The Hall–Kier alpha value is -2.54. The molecule has 0 aromatic carbocycles. The average molecular weight is 395 g/mol. The molecule has 7 nitrogen and oxygen atoms in total. The van der Waals surface area contributed by atoms with E-state index in [1.54, 1.807) is 0 Å². The van der Waals surface area contributed by atoms with Crippen molar-refractivity contribution < 1.29 is 4.70 Å². The molecule has 0 unspecified atom stereocenters. The number of fused-ring (bicyclic) bond motifs is 1. The predicted molar refractivity (Wildman–Crippen MR) is 117 cm³/mol. The molecule has 0 atom stereocenters. The first kappa shape index (κ1) is 19.8. The van der Waals surface area contributed by atoms with Crippen molar-refractivity contribution in [1.82, 2.24) is 15.2 Å². The van der Waals surface area contributed by atoms with Crippen molar-refractivity contribution in [2.75, 3.05) is 32.0 Å². The molecule has 1 fully saturated rings. The van der Waals surface area contributed by atoms with Crippen LogP contribution in [0.25, 0.3) is 5.70 Å². The first-order valence-corrected chi connectivity index (χ1v) is 10.7. The van der Waals surface area contributed by atoms with Crippen molar-refractivity contribution in [3.05, 3.63) is 42.0 Å². The van der Waals surface area contributed by atoms with Crippen molar-refractivity contribution in [3.8, 4) is 0 Å². The van der Waals surface area contributed by atoms with Gasteiger partial charge >= 0.3 is 5.84 Å². The Bertz CT molecular complexity index is 840. The summed E-state index contributed by atoms with van der Waals surface area (Å²) in [5.74, 6) is 3.51. The Morgan fingerprint density at radius 3 is 2.79 bits per heavy atom. The van der Waals surface area contributed by atoms with Gasteiger partial charge in [0.25, 0.3) is 0 Å². The van der Waals surface area contributed by atoms with Crippen LogP contribution in [0, 0.1) is 5.92 Å². The lowest BCUT2D eigenvalue weighted by Gasteiger charge is -2.30. The van der Waals surface area contributed by atoms with Crippen LogP contribution in [0.3, 0.4) is 0 Å². The second kappa shape index (κ2) is 8.86. The summed E-state index contributed by atoms with van der Waals surface area (Å²) in [5, 5.41) is 11.8. The number of azo groups is 2. The molecule has 2 N–H and O–H groups in total. The topological polar surface area (TPSA) is 67.9 Å². The molecule has 3 aliphatic heterocycles. The number of rotatable bonds is 7. The number of hydrogen-bond donors (Lipinski definition) is 2. The first-order chi connectivity index (χ1) is 14.1. The van der Waals surface area contributed by atoms with Gasteiger partial charge in [-0.15, -0.1) is 0 Å². The standard InChI is InChI=1S/C22H32N7/c1-16(2)8-11-23-20-5-4-17(14-24-20)19-15-25-22-7-6-21(27-29(19)22)26-18-9-12-28(3)13-10-18/h4-6,14-16,18,26H,7-13H2,1-3H3,(H,23,24)/q+1. The van der Waals surface area contributed by atoms with Crippen LogP contribution in [0.1, 0.15) is 45.1 Å². The summed E-state index contributed by atoms with van der Waals surface area (Å²) in [6.45, 7) is 7.67. The number of piperidine rings is 1. The van der Waals surface area contributed by atoms with Gasteiger partial charge in [-0.1, -0.05) is 23.7 Å². The highest BCUT2D eigenvalue weighted by Crippen LogP contribution is 2.26. The Morgan fingerprint density at radius 2 is 2.07 bits per heavy atom. The fraction of sp³-hybridized carbons (Fsp3) is 0.545. The SMILES string of the molecule is CC(C)CCNc1ccc(C2=CN=C3CC=C(NC4CCN(C)CC4)N=[N+]23)cn1. The lowest BCUT2D eigenvalue weighted by atomic mass is 10.1. The number of aromatic nitrogens is 1. The van der Waals surface area contributed by atoms with Crippen LogP contribution < -0.4 is 10.6 Å². The molecule has 0 bridgehead atoms. The van der Waals surface area contributed by atoms with Gasteiger partial charge in [0.05, 0.1) is 6.42 Å². The van der Waals surface area contributed by atoms with E-state index in [2.05, 4.69) is 58.5 Å². The monoisotopic (exact) mass is 394 g/mol. The lowest BCUT2D eigenvalue weighted by molar-refractivity contribution is -0.379. The molecule has 0 aliphatic carbocycles. The van der Waals surface area contributed by atoms with Gasteiger partial charge in [-0.3, -0.25) is 0 Å². The molecule has 29 heavy (non-hydrogen) atoms. The highest BCUT2D eigenvalue weighted by atomic mass is 15.4. The number of amidine groups is 1. The predicted octanol–water partition coefficient (Wildman–Crippen LogP) is 3.64. The van der Waals surface area contributed by atoms with E-state index >= 15 is 0 Å². The zero-order valence-corrected chi connectivity index (χ0v) is 17.7. The second-order valence-corrected chi connectivity index (χ2v) is 8.53. The molecule has 0 radical (unpaired) electrons. The van der Waals surface area contributed by atoms with Gasteiger partial charge < -0.3 is 15.5 Å². The number of hydrogen-bond acceptors (Lipinski definition) is 6. The molecular weight excluding hydrogens is 362 g/mol. The van der Waals surface area contributed by atoms with Gasteiger partial charge in [0.1, 0.15) is 5.82 Å². The number of likely N-dealkylation sites (tertiary alicyclic amines) is 1. The summed E-state index contributed by atoms with van der Waals surface area (Å²) < 4.78 is 1.96. The summed E-state index contributed by atoms with van der Waals surface area (Å²) in [4.78, 5) is 11.5. The van der Waals surface area contributed by atoms with Crippen LogP contribution in [-0.2, 0) is 0 Å². The van der Waals surface area contributed by atoms with Gasteiger partial charge in [0, 0.05) is 24.3 Å². The Labute approximate surface area is 173 Å². The minimum absolute atomic E-state index is 0.493. The maximum Gasteiger partial charge on any atom is 0.328 e. The summed E-state index contributed by atoms with van der Waals surface area (Å²) >= 11 is 0. The fourth-order valence-electron chi connectivity index (χ4n) is 3.76. The maximum atomic E-state index is 4.83. The Balaban J connectivity index is 1.40. The normalized spacial score (nSPS) is 20.0. The fourth-order valence-corrected chi connectivity index (χ4v) is 3.76. The van der Waals surface area contributed by atoms with Gasteiger partial charge in [-0.05, 0) is 68.5 Å². The number of anilines is 1. The highest BCUT2D eigenvalue weighted by Gasteiger charge is 2.32. The van der Waals surface area contributed by atoms with E-state index in [0.717, 1.165) is 74.1 Å². The smallest absolute Gasteiger partial charge is 0.328 e. The molecule has 0 amide bonds. The molecule has 4 rings (SSSR count). The van der Waals surface area contributed by atoms with Crippen molar-refractivity contribution in [3.63, 3.8) is 0 Å². The van der Waals surface area contributed by atoms with E-state index in [1.165, 1.54) is 0 Å². The lowest BCUT2D eigenvalue weighted by Crippen LogP contribution is -2.40. The molecule has 0 spiro atoms. The van der Waals surface area contributed by atoms with Crippen LogP contribution in [0.15, 0.2) is 46.5 Å². The number of nitrogens with zero attached hydrogens (tertiary/aromatic N) is 5. The maximum absolute atomic E-state index is 4.83. The average Bonchev–Trinajstić information content (AvgIpc) is 3.13. The second-order valence-electron chi connectivity index (χ2n) is 8.53. The van der Waals surface area contributed by atoms with E-state index in [-0.39, 0.29) is 0 Å². The van der Waals surface area contributed by atoms with Crippen molar-refractivity contribution >= 4 is 17.4 Å². The zero-order valence-electron chi connectivity index (χ0n) is 17.7. The molecule has 7 heteroatoms. The van der Waals surface area contributed by atoms with Crippen molar-refractivity contribution in [2.45, 2.75) is 45.6 Å². The van der Waals surface area contributed by atoms with Crippen LogP contribution in [0.5, 0.6) is 0 Å². The Morgan fingerprint density at radius 1 is 1.24 bits per heavy atom. The molecule has 154 valence electrons. The highest BCUT2D eigenvalue weighted by molar-refractivity contribution is 5.85. The van der Waals surface area contributed by atoms with E-state index in [4.69, 9.17) is 5.11 Å². The van der Waals surface area contributed by atoms with E-state index in [9.17, 15) is 0 Å². The van der Waals surface area contributed by atoms with E-state index in [0.29, 0.717) is 12.0 Å². The molecule has 1 aromatic heterocycles. The first-order valence-electron chi connectivity index (χ1n) is 10.7. The molecule has 1 saturated heterocycles. The summed E-state index contributed by atoms with van der Waals surface area (Å²) in [6, 6.07) is 4.62. The van der Waals surface area contributed by atoms with E-state index in [1.807, 2.05) is 23.2 Å². The summed E-state index contributed by atoms with van der Waals surface area (Å²) in [6.07, 6.45) is 10.2. The van der Waals surface area contributed by atoms with Crippen molar-refractivity contribution in [1.29, 1.82) is 0 Å². The third-order valence-corrected chi connectivity index (χ3v) is 5.65. The zero-order chi connectivity index (χ0) is 20.2. The van der Waals surface area contributed by atoms with Gasteiger partial charge in [0.15, 0.2) is 12.0 Å². The third kappa shape index (κ3) is 4.90. The largest absolute Gasteiger partial charge is 0.370 e. The minimum Gasteiger partial charge on any atom is -0.370 e. The summed E-state index contributed by atoms with van der Waals surface area (Å²) in [7, 11) is 2.18. The minimum atomic E-state index is 0.493. The van der Waals surface area contributed by atoms with Crippen LogP contribution in [0.4, 0.5) is 5.82 Å². The molecule has 0 saturated carbocycles. The van der Waals surface area contributed by atoms with Crippen LogP contribution >= 0.6 is 0 Å². The molecule has 3 aliphatic rings. The van der Waals surface area contributed by atoms with E-state index < -0.39 is 0 Å². The van der Waals surface area contributed by atoms with Crippen LogP contribution in [-0.4, -0.2) is 53.1 Å². The number of nitrogens with one attached hydrogen (secondary N) is 2. The van der Waals surface area contributed by atoms with Crippen LogP contribution in [0.2, 0.25) is 0 Å². The molecule has 4 heterocycles.